The third-order valence-corrected chi connectivity index (χ3v) is 5.13. The van der Waals surface area contributed by atoms with Crippen LogP contribution in [0.15, 0.2) is 42.5 Å². The van der Waals surface area contributed by atoms with E-state index in [2.05, 4.69) is 60.5 Å². The van der Waals surface area contributed by atoms with Crippen molar-refractivity contribution in [3.63, 3.8) is 0 Å². The highest BCUT2D eigenvalue weighted by Crippen LogP contribution is 2.14. The maximum atomic E-state index is 8.89. The van der Waals surface area contributed by atoms with Crippen molar-refractivity contribution in [1.82, 2.24) is 4.90 Å². The molecule has 1 aliphatic rings. The molecule has 3 rings (SSSR count). The van der Waals surface area contributed by atoms with Crippen molar-refractivity contribution < 1.29 is 4.90 Å². The van der Waals surface area contributed by atoms with E-state index in [0.29, 0.717) is 0 Å². The fourth-order valence-electron chi connectivity index (χ4n) is 3.44. The molecule has 0 atom stereocenters. The number of nitrogens with zero attached hydrogens (tertiary/aromatic N) is 2. The zero-order chi connectivity index (χ0) is 18.5. The Bertz CT molecular complexity index is 795. The fourth-order valence-corrected chi connectivity index (χ4v) is 3.74. The number of quaternary nitrogens is 1. The molecular formula is C21H25N4S+. The molecule has 134 valence electrons. The average Bonchev–Trinajstić information content (AvgIpc) is 2.62. The first-order chi connectivity index (χ1) is 12.5. The van der Waals surface area contributed by atoms with Crippen LogP contribution in [0, 0.1) is 25.2 Å². The van der Waals surface area contributed by atoms with Gasteiger partial charge in [0.25, 0.3) is 0 Å². The van der Waals surface area contributed by atoms with Crippen molar-refractivity contribution in [3.05, 3.63) is 64.7 Å². The number of anilines is 1. The van der Waals surface area contributed by atoms with E-state index >= 15 is 0 Å². The lowest BCUT2D eigenvalue weighted by Gasteiger charge is -2.34. The molecule has 1 fully saturated rings. The first kappa shape index (κ1) is 18.4. The van der Waals surface area contributed by atoms with E-state index < -0.39 is 0 Å². The van der Waals surface area contributed by atoms with Crippen LogP contribution in [0.3, 0.4) is 0 Å². The van der Waals surface area contributed by atoms with Gasteiger partial charge >= 0.3 is 0 Å². The molecule has 2 N–H and O–H groups in total. The van der Waals surface area contributed by atoms with Gasteiger partial charge < -0.3 is 15.1 Å². The first-order valence-corrected chi connectivity index (χ1v) is 9.41. The van der Waals surface area contributed by atoms with E-state index in [1.54, 1.807) is 4.90 Å². The van der Waals surface area contributed by atoms with Crippen molar-refractivity contribution in [3.8, 4) is 6.07 Å². The molecule has 2 aromatic carbocycles. The first-order valence-electron chi connectivity index (χ1n) is 9.00. The van der Waals surface area contributed by atoms with E-state index in [-0.39, 0.29) is 0 Å². The summed E-state index contributed by atoms with van der Waals surface area (Å²) in [5.74, 6) is 0. The summed E-state index contributed by atoms with van der Waals surface area (Å²) < 4.78 is 0. The molecule has 0 aromatic heterocycles. The van der Waals surface area contributed by atoms with Crippen LogP contribution >= 0.6 is 12.2 Å². The third kappa shape index (κ3) is 4.81. The SMILES string of the molecule is Cc1cc(C)cc(NC(=S)N2CC[NH+](Cc3ccc(C#N)cc3)CC2)c1. The Morgan fingerprint density at radius 1 is 1.12 bits per heavy atom. The fraction of sp³-hybridized carbons (Fsp3) is 0.333. The molecule has 26 heavy (non-hydrogen) atoms. The van der Waals surface area contributed by atoms with Gasteiger partial charge in [0.1, 0.15) is 6.54 Å². The minimum Gasteiger partial charge on any atom is -0.338 e. The predicted octanol–water partition coefficient (Wildman–Crippen LogP) is 2.27. The van der Waals surface area contributed by atoms with Crippen LogP contribution in [-0.4, -0.2) is 36.2 Å². The second-order valence-corrected chi connectivity index (χ2v) is 7.42. The zero-order valence-electron chi connectivity index (χ0n) is 15.4. The van der Waals surface area contributed by atoms with Crippen LogP contribution in [0.4, 0.5) is 5.69 Å². The summed E-state index contributed by atoms with van der Waals surface area (Å²) in [4.78, 5) is 3.81. The lowest BCUT2D eigenvalue weighted by atomic mass is 10.1. The molecule has 5 heteroatoms. The average molecular weight is 366 g/mol. The Morgan fingerprint density at radius 2 is 1.73 bits per heavy atom. The largest absolute Gasteiger partial charge is 0.338 e. The van der Waals surface area contributed by atoms with Gasteiger partial charge in [0.15, 0.2) is 5.11 Å². The Morgan fingerprint density at radius 3 is 2.31 bits per heavy atom. The minimum atomic E-state index is 0.719. The highest BCUT2D eigenvalue weighted by molar-refractivity contribution is 7.80. The number of hydrogen-bond donors (Lipinski definition) is 2. The van der Waals surface area contributed by atoms with Crippen LogP contribution in [0.25, 0.3) is 0 Å². The van der Waals surface area contributed by atoms with Crippen LogP contribution in [0.5, 0.6) is 0 Å². The summed E-state index contributed by atoms with van der Waals surface area (Å²) >= 11 is 5.61. The van der Waals surface area contributed by atoms with Gasteiger partial charge in [-0.3, -0.25) is 0 Å². The number of aryl methyl sites for hydroxylation is 2. The predicted molar refractivity (Wildman–Crippen MR) is 109 cm³/mol. The number of hydrogen-bond acceptors (Lipinski definition) is 2. The molecule has 1 heterocycles. The molecule has 0 radical (unpaired) electrons. The summed E-state index contributed by atoms with van der Waals surface area (Å²) in [5.41, 5.74) is 5.55. The van der Waals surface area contributed by atoms with Crippen molar-refractivity contribution in [2.45, 2.75) is 20.4 Å². The van der Waals surface area contributed by atoms with Crippen LogP contribution < -0.4 is 10.2 Å². The number of thiocarbonyl (C=S) groups is 1. The van der Waals surface area contributed by atoms with E-state index in [1.165, 1.54) is 16.7 Å². The van der Waals surface area contributed by atoms with Crippen molar-refractivity contribution in [2.75, 3.05) is 31.5 Å². The molecule has 0 unspecified atom stereocenters. The van der Waals surface area contributed by atoms with Gasteiger partial charge in [-0.25, -0.2) is 0 Å². The molecule has 0 spiro atoms. The van der Waals surface area contributed by atoms with E-state index in [0.717, 1.165) is 49.1 Å². The second kappa shape index (κ2) is 8.31. The summed E-state index contributed by atoms with van der Waals surface area (Å²) in [7, 11) is 0. The number of rotatable bonds is 3. The molecule has 1 saturated heterocycles. The maximum Gasteiger partial charge on any atom is 0.173 e. The molecule has 0 bridgehead atoms. The molecular weight excluding hydrogens is 340 g/mol. The van der Waals surface area contributed by atoms with Gasteiger partial charge in [-0.1, -0.05) is 18.2 Å². The van der Waals surface area contributed by atoms with Gasteiger partial charge in [0.05, 0.1) is 37.8 Å². The molecule has 2 aromatic rings. The Balaban J connectivity index is 1.51. The molecule has 1 aliphatic heterocycles. The molecule has 0 amide bonds. The van der Waals surface area contributed by atoms with Crippen molar-refractivity contribution >= 4 is 23.0 Å². The highest BCUT2D eigenvalue weighted by atomic mass is 32.1. The minimum absolute atomic E-state index is 0.719. The van der Waals surface area contributed by atoms with Crippen molar-refractivity contribution in [2.24, 2.45) is 0 Å². The Kier molecular flexibility index (Phi) is 5.87. The lowest BCUT2D eigenvalue weighted by Crippen LogP contribution is -3.13. The monoisotopic (exact) mass is 365 g/mol. The summed E-state index contributed by atoms with van der Waals surface area (Å²) in [6.45, 7) is 9.25. The normalized spacial score (nSPS) is 14.7. The van der Waals surface area contributed by atoms with Crippen LogP contribution in [-0.2, 0) is 6.54 Å². The Labute approximate surface area is 161 Å². The number of nitriles is 1. The number of piperazine rings is 1. The smallest absolute Gasteiger partial charge is 0.173 e. The second-order valence-electron chi connectivity index (χ2n) is 7.03. The maximum absolute atomic E-state index is 8.89. The van der Waals surface area contributed by atoms with Crippen LogP contribution in [0.1, 0.15) is 22.3 Å². The summed E-state index contributed by atoms with van der Waals surface area (Å²) in [6.07, 6.45) is 0. The summed E-state index contributed by atoms with van der Waals surface area (Å²) in [5, 5.41) is 13.1. The standard InChI is InChI=1S/C21H24N4S/c1-16-11-17(2)13-20(12-16)23-21(26)25-9-7-24(8-10-25)15-19-5-3-18(14-22)4-6-19/h3-6,11-13H,7-10,15H2,1-2H3,(H,23,26)/p+1. The van der Waals surface area contributed by atoms with Gasteiger partial charge in [-0.2, -0.15) is 5.26 Å². The van der Waals surface area contributed by atoms with Gasteiger partial charge in [-0.15, -0.1) is 0 Å². The number of nitrogens with one attached hydrogen (secondary N) is 2. The zero-order valence-corrected chi connectivity index (χ0v) is 16.2. The highest BCUT2D eigenvalue weighted by Gasteiger charge is 2.22. The lowest BCUT2D eigenvalue weighted by molar-refractivity contribution is -0.917. The Hall–Kier alpha value is -2.42. The van der Waals surface area contributed by atoms with Gasteiger partial charge in [0.2, 0.25) is 0 Å². The van der Waals surface area contributed by atoms with E-state index in [9.17, 15) is 0 Å². The van der Waals surface area contributed by atoms with Crippen molar-refractivity contribution in [1.29, 1.82) is 5.26 Å². The van der Waals surface area contributed by atoms with Gasteiger partial charge in [0, 0.05) is 11.3 Å². The third-order valence-electron chi connectivity index (χ3n) is 4.77. The van der Waals surface area contributed by atoms with E-state index in [1.807, 2.05) is 12.1 Å². The van der Waals surface area contributed by atoms with Gasteiger partial charge in [-0.05, 0) is 61.5 Å². The van der Waals surface area contributed by atoms with E-state index in [4.69, 9.17) is 17.5 Å². The molecule has 0 saturated carbocycles. The topological polar surface area (TPSA) is 43.5 Å². The summed E-state index contributed by atoms with van der Waals surface area (Å²) in [6, 6.07) is 16.5. The molecule has 0 aliphatic carbocycles. The molecule has 4 nitrogen and oxygen atoms in total. The number of benzene rings is 2. The quantitative estimate of drug-likeness (QED) is 0.819. The van der Waals surface area contributed by atoms with Crippen LogP contribution in [0.2, 0.25) is 0 Å².